The fraction of sp³-hybridized carbons (Fsp3) is 0.571. The third kappa shape index (κ3) is 1.65. The van der Waals surface area contributed by atoms with E-state index in [9.17, 15) is 9.50 Å². The first-order chi connectivity index (χ1) is 7.59. The maximum atomic E-state index is 13.6. The molecule has 0 bridgehead atoms. The Labute approximate surface area is 96.3 Å². The minimum Gasteiger partial charge on any atom is -0.385 e. The SMILES string of the molecule is CCCC(C)C1(O)CCc2c(F)cccc21. The van der Waals surface area contributed by atoms with E-state index < -0.39 is 5.60 Å². The highest BCUT2D eigenvalue weighted by Gasteiger charge is 2.41. The largest absolute Gasteiger partial charge is 0.385 e. The minimum atomic E-state index is -0.812. The maximum Gasteiger partial charge on any atom is 0.126 e. The minimum absolute atomic E-state index is 0.169. The van der Waals surface area contributed by atoms with Gasteiger partial charge in [0.2, 0.25) is 0 Å². The van der Waals surface area contributed by atoms with Crippen molar-refractivity contribution >= 4 is 0 Å². The Morgan fingerprint density at radius 3 is 2.94 bits per heavy atom. The molecule has 1 N–H and O–H groups in total. The van der Waals surface area contributed by atoms with E-state index >= 15 is 0 Å². The third-order valence-corrected chi connectivity index (χ3v) is 3.88. The van der Waals surface area contributed by atoms with Crippen LogP contribution in [-0.4, -0.2) is 5.11 Å². The molecular formula is C14H19FO. The molecule has 0 fully saturated rings. The van der Waals surface area contributed by atoms with Crippen molar-refractivity contribution in [2.45, 2.75) is 45.1 Å². The Kier molecular flexibility index (Phi) is 3.02. The Hall–Kier alpha value is -0.890. The zero-order valence-corrected chi connectivity index (χ0v) is 9.96. The molecule has 0 aromatic heterocycles. The number of hydrogen-bond donors (Lipinski definition) is 1. The summed E-state index contributed by atoms with van der Waals surface area (Å²) in [6, 6.07) is 5.05. The van der Waals surface area contributed by atoms with E-state index in [1.807, 2.05) is 6.07 Å². The van der Waals surface area contributed by atoms with E-state index in [1.165, 1.54) is 6.07 Å². The molecule has 0 spiro atoms. The van der Waals surface area contributed by atoms with Gasteiger partial charge < -0.3 is 5.11 Å². The van der Waals surface area contributed by atoms with Gasteiger partial charge in [0.1, 0.15) is 5.82 Å². The molecule has 2 atom stereocenters. The predicted octanol–water partition coefficient (Wildman–Crippen LogP) is 3.40. The van der Waals surface area contributed by atoms with Crippen molar-refractivity contribution in [2.24, 2.45) is 5.92 Å². The van der Waals surface area contributed by atoms with Gasteiger partial charge in [0, 0.05) is 0 Å². The molecule has 0 aliphatic heterocycles. The second-order valence-corrected chi connectivity index (χ2v) is 4.88. The van der Waals surface area contributed by atoms with Crippen LogP contribution >= 0.6 is 0 Å². The molecule has 0 saturated heterocycles. The van der Waals surface area contributed by atoms with Gasteiger partial charge in [-0.15, -0.1) is 0 Å². The highest BCUT2D eigenvalue weighted by molar-refractivity contribution is 5.38. The van der Waals surface area contributed by atoms with Gasteiger partial charge in [-0.05, 0) is 42.4 Å². The fourth-order valence-corrected chi connectivity index (χ4v) is 2.85. The summed E-state index contributed by atoms with van der Waals surface area (Å²) in [5.74, 6) is 0.0256. The van der Waals surface area contributed by atoms with Gasteiger partial charge in [0.15, 0.2) is 0 Å². The number of rotatable bonds is 3. The lowest BCUT2D eigenvalue weighted by atomic mass is 9.81. The maximum absolute atomic E-state index is 13.6. The van der Waals surface area contributed by atoms with E-state index in [1.54, 1.807) is 6.07 Å². The molecule has 1 aliphatic rings. The molecule has 88 valence electrons. The van der Waals surface area contributed by atoms with Crippen LogP contribution in [0, 0.1) is 11.7 Å². The van der Waals surface area contributed by atoms with E-state index in [-0.39, 0.29) is 11.7 Å². The number of hydrogen-bond acceptors (Lipinski definition) is 1. The Bertz CT molecular complexity index is 388. The quantitative estimate of drug-likeness (QED) is 0.831. The van der Waals surface area contributed by atoms with Crippen LogP contribution in [0.2, 0.25) is 0 Å². The lowest BCUT2D eigenvalue weighted by Crippen LogP contribution is -2.30. The monoisotopic (exact) mass is 222 g/mol. The Morgan fingerprint density at radius 1 is 1.50 bits per heavy atom. The van der Waals surface area contributed by atoms with Gasteiger partial charge in [-0.2, -0.15) is 0 Å². The van der Waals surface area contributed by atoms with E-state index in [4.69, 9.17) is 0 Å². The van der Waals surface area contributed by atoms with Crippen LogP contribution in [0.15, 0.2) is 18.2 Å². The summed E-state index contributed by atoms with van der Waals surface area (Å²) in [4.78, 5) is 0. The van der Waals surface area contributed by atoms with Crippen LogP contribution in [0.1, 0.15) is 44.2 Å². The molecule has 2 heteroatoms. The lowest BCUT2D eigenvalue weighted by molar-refractivity contribution is -0.0189. The number of benzene rings is 1. The van der Waals surface area contributed by atoms with E-state index in [0.29, 0.717) is 18.4 Å². The summed E-state index contributed by atoms with van der Waals surface area (Å²) >= 11 is 0. The Balaban J connectivity index is 2.38. The second-order valence-electron chi connectivity index (χ2n) is 4.88. The zero-order chi connectivity index (χ0) is 11.8. The second kappa shape index (κ2) is 4.17. The van der Waals surface area contributed by atoms with Gasteiger partial charge in [0.25, 0.3) is 0 Å². The van der Waals surface area contributed by atoms with Gasteiger partial charge in [0.05, 0.1) is 5.60 Å². The van der Waals surface area contributed by atoms with Crippen molar-refractivity contribution in [1.82, 2.24) is 0 Å². The molecule has 2 unspecified atom stereocenters. The summed E-state index contributed by atoms with van der Waals surface area (Å²) < 4.78 is 13.6. The van der Waals surface area contributed by atoms with E-state index in [2.05, 4.69) is 13.8 Å². The van der Waals surface area contributed by atoms with Gasteiger partial charge in [-0.1, -0.05) is 32.4 Å². The summed E-state index contributed by atoms with van der Waals surface area (Å²) in [6.45, 7) is 4.17. The lowest BCUT2D eigenvalue weighted by Gasteiger charge is -2.31. The number of halogens is 1. The first-order valence-electron chi connectivity index (χ1n) is 6.10. The average molecular weight is 222 g/mol. The van der Waals surface area contributed by atoms with Gasteiger partial charge >= 0.3 is 0 Å². The molecular weight excluding hydrogens is 203 g/mol. The van der Waals surface area contributed by atoms with Crippen LogP contribution in [0.3, 0.4) is 0 Å². The van der Waals surface area contributed by atoms with Crippen LogP contribution in [0.5, 0.6) is 0 Å². The normalized spacial score (nSPS) is 25.5. The van der Waals surface area contributed by atoms with Crippen LogP contribution in [0.4, 0.5) is 4.39 Å². The number of fused-ring (bicyclic) bond motifs is 1. The molecule has 1 aromatic carbocycles. The molecule has 1 aromatic rings. The van der Waals surface area contributed by atoms with Crippen molar-refractivity contribution in [3.05, 3.63) is 35.1 Å². The van der Waals surface area contributed by atoms with Gasteiger partial charge in [-0.25, -0.2) is 4.39 Å². The summed E-state index contributed by atoms with van der Waals surface area (Å²) in [5.41, 5.74) is 0.717. The summed E-state index contributed by atoms with van der Waals surface area (Å²) in [6.07, 6.45) is 3.34. The average Bonchev–Trinajstić information content (AvgIpc) is 2.60. The van der Waals surface area contributed by atoms with E-state index in [0.717, 1.165) is 18.4 Å². The molecule has 0 amide bonds. The molecule has 16 heavy (non-hydrogen) atoms. The standard InChI is InChI=1S/C14H19FO/c1-3-5-10(2)14(16)9-8-11-12(14)6-4-7-13(11)15/h4,6-7,10,16H,3,5,8-9H2,1-2H3. The fourth-order valence-electron chi connectivity index (χ4n) is 2.85. The zero-order valence-electron chi connectivity index (χ0n) is 9.96. The highest BCUT2D eigenvalue weighted by atomic mass is 19.1. The molecule has 1 nitrogen and oxygen atoms in total. The first-order valence-corrected chi connectivity index (χ1v) is 6.10. The Morgan fingerprint density at radius 2 is 2.25 bits per heavy atom. The van der Waals surface area contributed by atoms with Crippen molar-refractivity contribution < 1.29 is 9.50 Å². The van der Waals surface area contributed by atoms with Crippen LogP contribution in [-0.2, 0) is 12.0 Å². The smallest absolute Gasteiger partial charge is 0.126 e. The van der Waals surface area contributed by atoms with Crippen LogP contribution < -0.4 is 0 Å². The summed E-state index contributed by atoms with van der Waals surface area (Å²) in [5, 5.41) is 10.7. The molecule has 2 rings (SSSR count). The molecule has 1 aliphatic carbocycles. The molecule has 0 saturated carbocycles. The van der Waals surface area contributed by atoms with Crippen LogP contribution in [0.25, 0.3) is 0 Å². The topological polar surface area (TPSA) is 20.2 Å². The van der Waals surface area contributed by atoms with Crippen molar-refractivity contribution in [2.75, 3.05) is 0 Å². The molecule has 0 heterocycles. The van der Waals surface area contributed by atoms with Crippen molar-refractivity contribution in [3.8, 4) is 0 Å². The number of aliphatic hydroxyl groups is 1. The first kappa shape index (κ1) is 11.6. The van der Waals surface area contributed by atoms with Gasteiger partial charge in [-0.3, -0.25) is 0 Å². The third-order valence-electron chi connectivity index (χ3n) is 3.88. The van der Waals surface area contributed by atoms with Crippen molar-refractivity contribution in [1.29, 1.82) is 0 Å². The summed E-state index contributed by atoms with van der Waals surface area (Å²) in [7, 11) is 0. The predicted molar refractivity (Wildman–Crippen MR) is 62.7 cm³/mol. The van der Waals surface area contributed by atoms with Crippen molar-refractivity contribution in [3.63, 3.8) is 0 Å². The molecule has 0 radical (unpaired) electrons. The highest BCUT2D eigenvalue weighted by Crippen LogP contribution is 2.44.